The minimum Gasteiger partial charge on any atom is -0.478 e. The fourth-order valence-corrected chi connectivity index (χ4v) is 2.11. The lowest BCUT2D eigenvalue weighted by molar-refractivity contribution is -0.131. The summed E-state index contributed by atoms with van der Waals surface area (Å²) in [6, 6.07) is 4.87. The van der Waals surface area contributed by atoms with Crippen molar-refractivity contribution in [3.63, 3.8) is 0 Å². The molecular formula is C17H24FNO2. The number of nitrogens with zero attached hydrogens (tertiary/aromatic N) is 1. The zero-order valence-corrected chi connectivity index (χ0v) is 13.0. The Morgan fingerprint density at radius 3 is 2.71 bits per heavy atom. The summed E-state index contributed by atoms with van der Waals surface area (Å²) in [6.45, 7) is 9.18. The number of rotatable bonds is 8. The highest BCUT2D eigenvalue weighted by atomic mass is 19.1. The maximum atomic E-state index is 13.6. The number of aliphatic carboxylic acids is 1. The summed E-state index contributed by atoms with van der Waals surface area (Å²) in [5.74, 6) is -0.857. The van der Waals surface area contributed by atoms with Crippen LogP contribution in [0.4, 0.5) is 4.39 Å². The molecule has 3 nitrogen and oxygen atoms in total. The quantitative estimate of drug-likeness (QED) is 0.741. The fourth-order valence-electron chi connectivity index (χ4n) is 2.11. The first-order chi connectivity index (χ1) is 9.96. The highest BCUT2D eigenvalue weighted by molar-refractivity contribution is 5.85. The van der Waals surface area contributed by atoms with E-state index in [1.165, 1.54) is 12.1 Å². The van der Waals surface area contributed by atoms with Crippen molar-refractivity contribution < 1.29 is 14.3 Å². The van der Waals surface area contributed by atoms with E-state index in [0.717, 1.165) is 37.7 Å². The second kappa shape index (κ2) is 8.57. The highest BCUT2D eigenvalue weighted by Crippen LogP contribution is 2.15. The summed E-state index contributed by atoms with van der Waals surface area (Å²) in [5.41, 5.74) is 1.31. The summed E-state index contributed by atoms with van der Waals surface area (Å²) < 4.78 is 13.6. The van der Waals surface area contributed by atoms with Crippen LogP contribution < -0.4 is 0 Å². The van der Waals surface area contributed by atoms with Gasteiger partial charge in [0.15, 0.2) is 0 Å². The van der Waals surface area contributed by atoms with Gasteiger partial charge in [0.1, 0.15) is 5.82 Å². The Labute approximate surface area is 126 Å². The molecule has 21 heavy (non-hydrogen) atoms. The maximum Gasteiger partial charge on any atom is 0.328 e. The van der Waals surface area contributed by atoms with Gasteiger partial charge in [0, 0.05) is 24.7 Å². The SMILES string of the molecule is CCC(C)CN(CC)Cc1ccc(F)c(C=CC(=O)O)c1. The van der Waals surface area contributed by atoms with Gasteiger partial charge in [0.05, 0.1) is 0 Å². The molecule has 1 N–H and O–H groups in total. The Bertz CT molecular complexity index is 500. The molecular weight excluding hydrogens is 269 g/mol. The van der Waals surface area contributed by atoms with Crippen LogP contribution in [0.1, 0.15) is 38.3 Å². The smallest absolute Gasteiger partial charge is 0.328 e. The lowest BCUT2D eigenvalue weighted by Crippen LogP contribution is -2.27. The average molecular weight is 293 g/mol. The lowest BCUT2D eigenvalue weighted by Gasteiger charge is -2.24. The van der Waals surface area contributed by atoms with Crippen LogP contribution in [0.25, 0.3) is 6.08 Å². The molecule has 0 heterocycles. The third-order valence-corrected chi connectivity index (χ3v) is 3.59. The number of hydrogen-bond donors (Lipinski definition) is 1. The number of carboxylic acid groups (broad SMARTS) is 1. The van der Waals surface area contributed by atoms with E-state index in [0.29, 0.717) is 11.5 Å². The van der Waals surface area contributed by atoms with Crippen molar-refractivity contribution in [1.82, 2.24) is 4.90 Å². The lowest BCUT2D eigenvalue weighted by atomic mass is 10.1. The van der Waals surface area contributed by atoms with Crippen LogP contribution in [-0.4, -0.2) is 29.1 Å². The van der Waals surface area contributed by atoms with Crippen molar-refractivity contribution in [1.29, 1.82) is 0 Å². The second-order valence-electron chi connectivity index (χ2n) is 5.37. The molecule has 0 spiro atoms. The summed E-state index contributed by atoms with van der Waals surface area (Å²) in [7, 11) is 0. The van der Waals surface area contributed by atoms with E-state index in [2.05, 4.69) is 25.7 Å². The van der Waals surface area contributed by atoms with Crippen molar-refractivity contribution in [2.24, 2.45) is 5.92 Å². The minimum absolute atomic E-state index is 0.314. The van der Waals surface area contributed by atoms with Gasteiger partial charge in [-0.2, -0.15) is 0 Å². The normalized spacial score (nSPS) is 13.0. The molecule has 1 rings (SSSR count). The highest BCUT2D eigenvalue weighted by Gasteiger charge is 2.09. The van der Waals surface area contributed by atoms with Gasteiger partial charge in [-0.15, -0.1) is 0 Å². The monoisotopic (exact) mass is 293 g/mol. The van der Waals surface area contributed by atoms with E-state index in [-0.39, 0.29) is 0 Å². The standard InChI is InChI=1S/C17H24FNO2/c1-4-13(3)11-19(5-2)12-14-6-8-16(18)15(10-14)7-9-17(20)21/h6-10,13H,4-5,11-12H2,1-3H3,(H,20,21). The molecule has 1 aromatic carbocycles. The van der Waals surface area contributed by atoms with E-state index in [9.17, 15) is 9.18 Å². The number of carboxylic acids is 1. The summed E-state index contributed by atoms with van der Waals surface area (Å²) in [6.07, 6.45) is 3.39. The van der Waals surface area contributed by atoms with Crippen LogP contribution in [0, 0.1) is 11.7 Å². The van der Waals surface area contributed by atoms with E-state index >= 15 is 0 Å². The predicted octanol–water partition coefficient (Wildman–Crippen LogP) is 3.79. The van der Waals surface area contributed by atoms with E-state index in [1.807, 2.05) is 0 Å². The van der Waals surface area contributed by atoms with Crippen LogP contribution in [0.2, 0.25) is 0 Å². The summed E-state index contributed by atoms with van der Waals surface area (Å²) >= 11 is 0. The number of hydrogen-bond acceptors (Lipinski definition) is 2. The van der Waals surface area contributed by atoms with Gasteiger partial charge < -0.3 is 5.11 Å². The van der Waals surface area contributed by atoms with Crippen molar-refractivity contribution in [2.45, 2.75) is 33.7 Å². The van der Waals surface area contributed by atoms with Gasteiger partial charge in [-0.3, -0.25) is 4.90 Å². The predicted molar refractivity (Wildman–Crippen MR) is 83.5 cm³/mol. The van der Waals surface area contributed by atoms with Gasteiger partial charge in [0.25, 0.3) is 0 Å². The first-order valence-corrected chi connectivity index (χ1v) is 7.38. The van der Waals surface area contributed by atoms with E-state index < -0.39 is 11.8 Å². The topological polar surface area (TPSA) is 40.5 Å². The minimum atomic E-state index is -1.08. The van der Waals surface area contributed by atoms with Gasteiger partial charge in [0.2, 0.25) is 0 Å². The Morgan fingerprint density at radius 1 is 1.43 bits per heavy atom. The maximum absolute atomic E-state index is 13.6. The second-order valence-corrected chi connectivity index (χ2v) is 5.37. The van der Waals surface area contributed by atoms with E-state index in [4.69, 9.17) is 5.11 Å². The molecule has 0 aliphatic heterocycles. The molecule has 0 aromatic heterocycles. The number of carbonyl (C=O) groups is 1. The summed E-state index contributed by atoms with van der Waals surface area (Å²) in [4.78, 5) is 12.8. The molecule has 0 saturated heterocycles. The molecule has 1 unspecified atom stereocenters. The van der Waals surface area contributed by atoms with Crippen LogP contribution in [0.5, 0.6) is 0 Å². The average Bonchev–Trinajstić information content (AvgIpc) is 2.46. The Balaban J connectivity index is 2.83. The summed E-state index contributed by atoms with van der Waals surface area (Å²) in [5, 5.41) is 8.63. The molecule has 1 aromatic rings. The zero-order chi connectivity index (χ0) is 15.8. The molecule has 0 aliphatic carbocycles. The van der Waals surface area contributed by atoms with Crippen LogP contribution in [-0.2, 0) is 11.3 Å². The number of halogens is 1. The Morgan fingerprint density at radius 2 is 2.14 bits per heavy atom. The Hall–Kier alpha value is -1.68. The third-order valence-electron chi connectivity index (χ3n) is 3.59. The van der Waals surface area contributed by atoms with Gasteiger partial charge in [-0.05, 0) is 36.2 Å². The Kier molecular flexibility index (Phi) is 7.09. The fraction of sp³-hybridized carbons (Fsp3) is 0.471. The molecule has 0 bridgehead atoms. The first-order valence-electron chi connectivity index (χ1n) is 7.38. The van der Waals surface area contributed by atoms with Crippen molar-refractivity contribution in [2.75, 3.05) is 13.1 Å². The number of benzene rings is 1. The molecule has 0 amide bonds. The third kappa shape index (κ3) is 6.08. The molecule has 0 radical (unpaired) electrons. The molecule has 4 heteroatoms. The van der Waals surface area contributed by atoms with Crippen molar-refractivity contribution >= 4 is 12.0 Å². The van der Waals surface area contributed by atoms with Crippen molar-refractivity contribution in [3.05, 3.63) is 41.2 Å². The molecule has 116 valence electrons. The van der Waals surface area contributed by atoms with E-state index in [1.54, 1.807) is 12.1 Å². The van der Waals surface area contributed by atoms with Crippen LogP contribution in [0.3, 0.4) is 0 Å². The van der Waals surface area contributed by atoms with Gasteiger partial charge in [-0.25, -0.2) is 9.18 Å². The van der Waals surface area contributed by atoms with Gasteiger partial charge >= 0.3 is 5.97 Å². The first kappa shape index (κ1) is 17.4. The zero-order valence-electron chi connectivity index (χ0n) is 13.0. The van der Waals surface area contributed by atoms with Crippen LogP contribution >= 0.6 is 0 Å². The molecule has 0 fully saturated rings. The largest absolute Gasteiger partial charge is 0.478 e. The van der Waals surface area contributed by atoms with Gasteiger partial charge in [-0.1, -0.05) is 33.3 Å². The van der Waals surface area contributed by atoms with Crippen molar-refractivity contribution in [3.8, 4) is 0 Å². The van der Waals surface area contributed by atoms with Crippen LogP contribution in [0.15, 0.2) is 24.3 Å². The molecule has 1 atom stereocenters. The molecule has 0 aliphatic rings. The molecule has 0 saturated carbocycles.